The number of ether oxygens (including phenoxy) is 1. The van der Waals surface area contributed by atoms with Crippen molar-refractivity contribution in [2.45, 2.75) is 6.92 Å². The molecule has 2 aromatic carbocycles. The van der Waals surface area contributed by atoms with Gasteiger partial charge in [0.25, 0.3) is 0 Å². The molecule has 1 N–H and O–H groups in total. The molecule has 0 atom stereocenters. The largest absolute Gasteiger partial charge is 0.481 e. The first-order chi connectivity index (χ1) is 8.22. The second kappa shape index (κ2) is 4.83. The molecule has 0 unspecified atom stereocenters. The molecule has 0 saturated heterocycles. The van der Waals surface area contributed by atoms with Gasteiger partial charge in [-0.15, -0.1) is 0 Å². The molecule has 0 aliphatic rings. The molecule has 0 spiro atoms. The number of benzene rings is 2. The Morgan fingerprint density at radius 1 is 1.06 bits per heavy atom. The van der Waals surface area contributed by atoms with E-state index in [-0.39, 0.29) is 5.90 Å². The van der Waals surface area contributed by atoms with E-state index < -0.39 is 0 Å². The summed E-state index contributed by atoms with van der Waals surface area (Å²) in [6, 6.07) is 16.1. The highest BCUT2D eigenvalue weighted by atomic mass is 16.5. The molecular formula is C15H15NO. The number of hydrogen-bond donors (Lipinski definition) is 1. The number of methoxy groups -OCH3 is 1. The Kier molecular flexibility index (Phi) is 3.24. The van der Waals surface area contributed by atoms with Crippen molar-refractivity contribution in [3.05, 3.63) is 59.7 Å². The zero-order chi connectivity index (χ0) is 12.3. The van der Waals surface area contributed by atoms with Crippen molar-refractivity contribution in [1.29, 1.82) is 5.41 Å². The summed E-state index contributed by atoms with van der Waals surface area (Å²) in [5.74, 6) is 0.195. The zero-order valence-corrected chi connectivity index (χ0v) is 10.0. The van der Waals surface area contributed by atoms with Crippen LogP contribution < -0.4 is 0 Å². The van der Waals surface area contributed by atoms with Crippen LogP contribution in [0.4, 0.5) is 0 Å². The highest BCUT2D eigenvalue weighted by molar-refractivity contribution is 5.93. The molecular weight excluding hydrogens is 210 g/mol. The maximum atomic E-state index is 7.67. The molecule has 0 radical (unpaired) electrons. The summed E-state index contributed by atoms with van der Waals surface area (Å²) >= 11 is 0. The molecule has 0 aliphatic heterocycles. The fraction of sp³-hybridized carbons (Fsp3) is 0.133. The van der Waals surface area contributed by atoms with Crippen LogP contribution >= 0.6 is 0 Å². The Balaban J connectivity index is 2.47. The number of nitrogens with one attached hydrogen (secondary N) is 1. The third-order valence-electron chi connectivity index (χ3n) is 2.78. The van der Waals surface area contributed by atoms with Gasteiger partial charge in [0.05, 0.1) is 7.11 Å². The molecule has 0 amide bonds. The van der Waals surface area contributed by atoms with Crippen LogP contribution in [0.2, 0.25) is 0 Å². The van der Waals surface area contributed by atoms with Crippen LogP contribution in [0.3, 0.4) is 0 Å². The molecule has 0 saturated carbocycles. The smallest absolute Gasteiger partial charge is 0.212 e. The van der Waals surface area contributed by atoms with Gasteiger partial charge >= 0.3 is 0 Å². The van der Waals surface area contributed by atoms with Crippen LogP contribution in [0.15, 0.2) is 48.5 Å². The van der Waals surface area contributed by atoms with Crippen molar-refractivity contribution < 1.29 is 4.74 Å². The Labute approximate surface area is 101 Å². The van der Waals surface area contributed by atoms with Crippen molar-refractivity contribution in [1.82, 2.24) is 0 Å². The van der Waals surface area contributed by atoms with Gasteiger partial charge in [-0.2, -0.15) is 0 Å². The second-order valence-electron chi connectivity index (χ2n) is 3.93. The van der Waals surface area contributed by atoms with Gasteiger partial charge < -0.3 is 4.74 Å². The molecule has 0 bridgehead atoms. The lowest BCUT2D eigenvalue weighted by Gasteiger charge is -2.08. The van der Waals surface area contributed by atoms with Crippen molar-refractivity contribution in [3.8, 4) is 11.1 Å². The Morgan fingerprint density at radius 3 is 2.53 bits per heavy atom. The van der Waals surface area contributed by atoms with E-state index in [0.29, 0.717) is 0 Å². The number of hydrogen-bond acceptors (Lipinski definition) is 2. The standard InChI is InChI=1S/C15H15NO/c1-11-6-3-4-9-14(11)12-7-5-8-13(10-12)15(16)17-2/h3-10,16H,1-2H3. The molecule has 86 valence electrons. The lowest BCUT2D eigenvalue weighted by molar-refractivity contribution is 0.401. The maximum absolute atomic E-state index is 7.67. The van der Waals surface area contributed by atoms with Crippen LogP contribution in [-0.4, -0.2) is 13.0 Å². The van der Waals surface area contributed by atoms with Crippen molar-refractivity contribution in [2.24, 2.45) is 0 Å². The van der Waals surface area contributed by atoms with Crippen LogP contribution in [0, 0.1) is 12.3 Å². The average molecular weight is 225 g/mol. The van der Waals surface area contributed by atoms with Crippen LogP contribution in [0.25, 0.3) is 11.1 Å². The summed E-state index contributed by atoms with van der Waals surface area (Å²) in [5.41, 5.74) is 4.34. The molecule has 0 heterocycles. The fourth-order valence-corrected chi connectivity index (χ4v) is 1.84. The van der Waals surface area contributed by atoms with E-state index in [1.165, 1.54) is 18.2 Å². The predicted molar refractivity (Wildman–Crippen MR) is 70.5 cm³/mol. The second-order valence-corrected chi connectivity index (χ2v) is 3.93. The SMILES string of the molecule is COC(=N)c1cccc(-c2ccccc2C)c1. The summed E-state index contributed by atoms with van der Waals surface area (Å²) in [7, 11) is 1.52. The van der Waals surface area contributed by atoms with E-state index in [2.05, 4.69) is 25.1 Å². The Morgan fingerprint density at radius 2 is 1.82 bits per heavy atom. The maximum Gasteiger partial charge on any atom is 0.212 e. The van der Waals surface area contributed by atoms with E-state index in [4.69, 9.17) is 10.1 Å². The summed E-state index contributed by atoms with van der Waals surface area (Å²) in [6.45, 7) is 2.09. The summed E-state index contributed by atoms with van der Waals surface area (Å²) in [6.07, 6.45) is 0. The first-order valence-electron chi connectivity index (χ1n) is 5.51. The first kappa shape index (κ1) is 11.4. The minimum atomic E-state index is 0.195. The van der Waals surface area contributed by atoms with Crippen molar-refractivity contribution in [3.63, 3.8) is 0 Å². The number of rotatable bonds is 2. The van der Waals surface area contributed by atoms with E-state index >= 15 is 0 Å². The van der Waals surface area contributed by atoms with Gasteiger partial charge in [0.2, 0.25) is 5.90 Å². The minimum Gasteiger partial charge on any atom is -0.481 e. The first-order valence-corrected chi connectivity index (χ1v) is 5.51. The third kappa shape index (κ3) is 2.36. The van der Waals surface area contributed by atoms with E-state index in [0.717, 1.165) is 11.1 Å². The van der Waals surface area contributed by atoms with E-state index in [1.807, 2.05) is 30.3 Å². The Bertz CT molecular complexity index is 546. The van der Waals surface area contributed by atoms with E-state index in [1.54, 1.807) is 0 Å². The van der Waals surface area contributed by atoms with Gasteiger partial charge in [-0.3, -0.25) is 5.41 Å². The zero-order valence-electron chi connectivity index (χ0n) is 10.0. The molecule has 0 fully saturated rings. The van der Waals surface area contributed by atoms with Gasteiger partial charge in [0.15, 0.2) is 0 Å². The van der Waals surface area contributed by atoms with Crippen LogP contribution in [-0.2, 0) is 4.74 Å². The topological polar surface area (TPSA) is 33.1 Å². The molecule has 0 aromatic heterocycles. The fourth-order valence-electron chi connectivity index (χ4n) is 1.84. The molecule has 2 heteroatoms. The Hall–Kier alpha value is -2.09. The highest BCUT2D eigenvalue weighted by Crippen LogP contribution is 2.23. The highest BCUT2D eigenvalue weighted by Gasteiger charge is 2.05. The van der Waals surface area contributed by atoms with Gasteiger partial charge in [0, 0.05) is 5.56 Å². The molecule has 2 nitrogen and oxygen atoms in total. The van der Waals surface area contributed by atoms with Crippen molar-refractivity contribution in [2.75, 3.05) is 7.11 Å². The molecule has 0 aliphatic carbocycles. The third-order valence-corrected chi connectivity index (χ3v) is 2.78. The lowest BCUT2D eigenvalue weighted by Crippen LogP contribution is -2.00. The van der Waals surface area contributed by atoms with E-state index in [9.17, 15) is 0 Å². The molecule has 2 rings (SSSR count). The van der Waals surface area contributed by atoms with Gasteiger partial charge in [-0.1, -0.05) is 36.4 Å². The van der Waals surface area contributed by atoms with Crippen molar-refractivity contribution >= 4 is 5.90 Å². The average Bonchev–Trinajstić information content (AvgIpc) is 2.38. The van der Waals surface area contributed by atoms with Gasteiger partial charge in [-0.05, 0) is 35.7 Å². The van der Waals surface area contributed by atoms with Crippen LogP contribution in [0.1, 0.15) is 11.1 Å². The summed E-state index contributed by atoms with van der Waals surface area (Å²) < 4.78 is 4.94. The van der Waals surface area contributed by atoms with Gasteiger partial charge in [0.1, 0.15) is 0 Å². The quantitative estimate of drug-likeness (QED) is 0.614. The molecule has 17 heavy (non-hydrogen) atoms. The summed E-state index contributed by atoms with van der Waals surface area (Å²) in [4.78, 5) is 0. The monoisotopic (exact) mass is 225 g/mol. The minimum absolute atomic E-state index is 0.195. The summed E-state index contributed by atoms with van der Waals surface area (Å²) in [5, 5.41) is 7.67. The molecule has 2 aromatic rings. The number of aryl methyl sites for hydroxylation is 1. The predicted octanol–water partition coefficient (Wildman–Crippen LogP) is 3.63. The van der Waals surface area contributed by atoms with Gasteiger partial charge in [-0.25, -0.2) is 0 Å². The normalized spacial score (nSPS) is 10.0. The lowest BCUT2D eigenvalue weighted by atomic mass is 9.99. The van der Waals surface area contributed by atoms with Crippen LogP contribution in [0.5, 0.6) is 0 Å².